The third kappa shape index (κ3) is 9.79. The molecule has 0 bridgehead atoms. The van der Waals surface area contributed by atoms with Crippen molar-refractivity contribution in [2.45, 2.75) is 76.9 Å². The highest BCUT2D eigenvalue weighted by Crippen LogP contribution is 2.20. The summed E-state index contributed by atoms with van der Waals surface area (Å²) in [7, 11) is 0. The second kappa shape index (κ2) is 16.0. The first kappa shape index (κ1) is 28.8. The Balaban J connectivity index is 1.23. The Morgan fingerprint density at radius 2 is 1.64 bits per heavy atom. The molecule has 1 N–H and O–H groups in total. The van der Waals surface area contributed by atoms with E-state index in [1.807, 2.05) is 23.1 Å². The van der Waals surface area contributed by atoms with E-state index in [2.05, 4.69) is 60.1 Å². The van der Waals surface area contributed by atoms with Crippen molar-refractivity contribution < 1.29 is 19.2 Å². The smallest absolute Gasteiger partial charge is 0.243 e. The van der Waals surface area contributed by atoms with Gasteiger partial charge in [-0.25, -0.2) is 10.3 Å². The van der Waals surface area contributed by atoms with E-state index in [4.69, 9.17) is 9.57 Å². The Morgan fingerprint density at radius 1 is 0.821 bits per heavy atom. The number of aryl methyl sites for hydroxylation is 1. The van der Waals surface area contributed by atoms with Crippen LogP contribution in [0.15, 0.2) is 72.8 Å². The maximum atomic E-state index is 13.3. The fraction of sp³-hybridized carbons (Fsp3) is 0.455. The van der Waals surface area contributed by atoms with Crippen LogP contribution >= 0.6 is 0 Å². The molecular weight excluding hydrogens is 488 g/mol. The zero-order chi connectivity index (χ0) is 27.1. The lowest BCUT2D eigenvalue weighted by atomic mass is 10.0. The lowest BCUT2D eigenvalue weighted by molar-refractivity contribution is -0.200. The van der Waals surface area contributed by atoms with Crippen molar-refractivity contribution in [1.82, 2.24) is 10.4 Å². The number of ether oxygens (including phenoxy) is 1. The number of hydroxylamine groups is 1. The van der Waals surface area contributed by atoms with Crippen molar-refractivity contribution in [3.63, 3.8) is 0 Å². The standard InChI is InChI=1S/C33H42N2O4/c36-31(34-39-33-22-8-10-26-38-33)20-5-2-9-24-35(32(37)21-11-15-27-13-3-1-4-14-27)25-23-29-18-12-17-28-16-6-7-19-30(28)29/h1,3-4,6-7,12-14,16-19,33H,2,5,8-11,15,20-26H2,(H,34,36). The summed E-state index contributed by atoms with van der Waals surface area (Å²) in [6.45, 7) is 2.10. The van der Waals surface area contributed by atoms with Gasteiger partial charge >= 0.3 is 0 Å². The van der Waals surface area contributed by atoms with Gasteiger partial charge in [0.1, 0.15) is 0 Å². The van der Waals surface area contributed by atoms with Gasteiger partial charge in [-0.15, -0.1) is 0 Å². The first-order valence-corrected chi connectivity index (χ1v) is 14.5. The Kier molecular flexibility index (Phi) is 11.8. The Hall–Kier alpha value is -3.22. The van der Waals surface area contributed by atoms with Crippen LogP contribution in [0.5, 0.6) is 0 Å². The summed E-state index contributed by atoms with van der Waals surface area (Å²) >= 11 is 0. The minimum Gasteiger partial charge on any atom is -0.350 e. The largest absolute Gasteiger partial charge is 0.350 e. The first-order chi connectivity index (χ1) is 19.2. The van der Waals surface area contributed by atoms with Crippen molar-refractivity contribution in [1.29, 1.82) is 0 Å². The number of nitrogens with zero attached hydrogens (tertiary/aromatic N) is 1. The molecule has 3 aromatic rings. The van der Waals surface area contributed by atoms with E-state index < -0.39 is 0 Å². The number of rotatable bonds is 15. The van der Waals surface area contributed by atoms with Gasteiger partial charge in [-0.3, -0.25) is 9.59 Å². The molecule has 1 atom stereocenters. The van der Waals surface area contributed by atoms with Crippen LogP contribution in [0.25, 0.3) is 10.8 Å². The van der Waals surface area contributed by atoms with Gasteiger partial charge in [-0.2, -0.15) is 0 Å². The molecule has 0 radical (unpaired) electrons. The number of fused-ring (bicyclic) bond motifs is 1. The van der Waals surface area contributed by atoms with Crippen molar-refractivity contribution in [3.05, 3.63) is 83.9 Å². The molecule has 0 saturated carbocycles. The number of unbranched alkanes of at least 4 members (excludes halogenated alkanes) is 2. The SMILES string of the molecule is O=C(CCCCCN(CCc1cccc2ccccc12)C(=O)CCCc1ccccc1)NOC1CCCCO1. The zero-order valence-electron chi connectivity index (χ0n) is 23.0. The zero-order valence-corrected chi connectivity index (χ0v) is 23.0. The van der Waals surface area contributed by atoms with Gasteiger partial charge in [0.05, 0.1) is 0 Å². The fourth-order valence-corrected chi connectivity index (χ4v) is 5.13. The van der Waals surface area contributed by atoms with Gasteiger partial charge < -0.3 is 9.64 Å². The van der Waals surface area contributed by atoms with Crippen LogP contribution in [0.3, 0.4) is 0 Å². The highest BCUT2D eigenvalue weighted by molar-refractivity contribution is 5.85. The van der Waals surface area contributed by atoms with Crippen LogP contribution in [0.1, 0.15) is 68.9 Å². The molecule has 6 nitrogen and oxygen atoms in total. The van der Waals surface area contributed by atoms with Gasteiger partial charge in [0, 0.05) is 39.0 Å². The summed E-state index contributed by atoms with van der Waals surface area (Å²) in [5, 5.41) is 2.48. The molecule has 1 heterocycles. The number of carbonyl (C=O) groups is 2. The molecular formula is C33H42N2O4. The average Bonchev–Trinajstić information content (AvgIpc) is 2.98. The molecule has 1 saturated heterocycles. The topological polar surface area (TPSA) is 67.9 Å². The van der Waals surface area contributed by atoms with Crippen LogP contribution in [-0.4, -0.2) is 42.7 Å². The van der Waals surface area contributed by atoms with Gasteiger partial charge in [0.2, 0.25) is 11.8 Å². The number of carbonyl (C=O) groups excluding carboxylic acids is 2. The van der Waals surface area contributed by atoms with Crippen molar-refractivity contribution >= 4 is 22.6 Å². The summed E-state index contributed by atoms with van der Waals surface area (Å²) in [5.74, 6) is 0.0961. The molecule has 208 valence electrons. The number of hydrogen-bond donors (Lipinski definition) is 1. The van der Waals surface area contributed by atoms with E-state index in [1.165, 1.54) is 21.9 Å². The highest BCUT2D eigenvalue weighted by Gasteiger charge is 2.16. The molecule has 1 aliphatic heterocycles. The quantitative estimate of drug-likeness (QED) is 0.183. The van der Waals surface area contributed by atoms with Crippen molar-refractivity contribution in [2.75, 3.05) is 19.7 Å². The van der Waals surface area contributed by atoms with E-state index in [0.29, 0.717) is 32.5 Å². The summed E-state index contributed by atoms with van der Waals surface area (Å²) in [4.78, 5) is 32.8. The predicted octanol–water partition coefficient (Wildman–Crippen LogP) is 6.37. The molecule has 2 amide bonds. The van der Waals surface area contributed by atoms with Crippen LogP contribution in [0.2, 0.25) is 0 Å². The lowest BCUT2D eigenvalue weighted by Crippen LogP contribution is -2.34. The Bertz CT molecular complexity index is 1160. The second-order valence-electron chi connectivity index (χ2n) is 10.4. The third-order valence-electron chi connectivity index (χ3n) is 7.36. The van der Waals surface area contributed by atoms with Gasteiger partial charge in [-0.1, -0.05) is 79.2 Å². The molecule has 0 spiro atoms. The third-order valence-corrected chi connectivity index (χ3v) is 7.36. The van der Waals surface area contributed by atoms with Crippen LogP contribution < -0.4 is 5.48 Å². The molecule has 4 rings (SSSR count). The first-order valence-electron chi connectivity index (χ1n) is 14.5. The monoisotopic (exact) mass is 530 g/mol. The van der Waals surface area contributed by atoms with Gasteiger partial charge in [0.25, 0.3) is 0 Å². The Labute approximate surface area is 232 Å². The van der Waals surface area contributed by atoms with E-state index in [0.717, 1.165) is 57.8 Å². The van der Waals surface area contributed by atoms with Crippen molar-refractivity contribution in [3.8, 4) is 0 Å². The minimum absolute atomic E-state index is 0.117. The molecule has 3 aromatic carbocycles. The van der Waals surface area contributed by atoms with E-state index in [9.17, 15) is 9.59 Å². The molecule has 6 heteroatoms. The average molecular weight is 531 g/mol. The van der Waals surface area contributed by atoms with Crippen LogP contribution in [0.4, 0.5) is 0 Å². The second-order valence-corrected chi connectivity index (χ2v) is 10.4. The molecule has 1 fully saturated rings. The van der Waals surface area contributed by atoms with Gasteiger partial charge in [0.15, 0.2) is 6.29 Å². The summed E-state index contributed by atoms with van der Waals surface area (Å²) < 4.78 is 5.48. The lowest BCUT2D eigenvalue weighted by Gasteiger charge is -2.23. The summed E-state index contributed by atoms with van der Waals surface area (Å²) in [6.07, 6.45) is 8.65. The molecule has 39 heavy (non-hydrogen) atoms. The molecule has 1 unspecified atom stereocenters. The van der Waals surface area contributed by atoms with E-state index in [-0.39, 0.29) is 18.1 Å². The van der Waals surface area contributed by atoms with Crippen LogP contribution in [0, 0.1) is 0 Å². The maximum Gasteiger partial charge on any atom is 0.243 e. The molecule has 0 aromatic heterocycles. The van der Waals surface area contributed by atoms with E-state index >= 15 is 0 Å². The normalized spacial score (nSPS) is 15.2. The van der Waals surface area contributed by atoms with Crippen molar-refractivity contribution in [2.24, 2.45) is 0 Å². The summed E-state index contributed by atoms with van der Waals surface area (Å²) in [6, 6.07) is 25.2. The van der Waals surface area contributed by atoms with Crippen LogP contribution in [-0.2, 0) is 32.0 Å². The number of nitrogens with one attached hydrogen (secondary N) is 1. The molecule has 0 aliphatic carbocycles. The summed E-state index contributed by atoms with van der Waals surface area (Å²) in [5.41, 5.74) is 5.07. The molecule has 1 aliphatic rings. The fourth-order valence-electron chi connectivity index (χ4n) is 5.13. The minimum atomic E-state index is -0.328. The maximum absolute atomic E-state index is 13.3. The number of benzene rings is 3. The number of hydrogen-bond acceptors (Lipinski definition) is 4. The number of amides is 2. The van der Waals surface area contributed by atoms with E-state index in [1.54, 1.807) is 0 Å². The van der Waals surface area contributed by atoms with Gasteiger partial charge in [-0.05, 0) is 66.8 Å². The predicted molar refractivity (Wildman–Crippen MR) is 155 cm³/mol. The Morgan fingerprint density at radius 3 is 2.49 bits per heavy atom. The highest BCUT2D eigenvalue weighted by atomic mass is 16.8.